The van der Waals surface area contributed by atoms with Gasteiger partial charge in [-0.05, 0) is 79.9 Å². The van der Waals surface area contributed by atoms with Crippen molar-refractivity contribution in [3.63, 3.8) is 0 Å². The lowest BCUT2D eigenvalue weighted by Gasteiger charge is -2.60. The average molecular weight is 625 g/mol. The molecular weight excluding hydrogens is 585 g/mol. The molecule has 2 unspecified atom stereocenters. The first-order valence-electron chi connectivity index (χ1n) is 15.2. The molecule has 3 saturated carbocycles. The van der Waals surface area contributed by atoms with Crippen LogP contribution in [-0.2, 0) is 9.53 Å². The fourth-order valence-electron chi connectivity index (χ4n) is 9.04. The Labute approximate surface area is 259 Å². The largest absolute Gasteiger partial charge is 0.451 e. The van der Waals surface area contributed by atoms with Gasteiger partial charge in [0.25, 0.3) is 0 Å². The minimum Gasteiger partial charge on any atom is -0.451 e. The lowest BCUT2D eigenvalue weighted by Crippen LogP contribution is -2.76. The number of nitrogens with two attached hydrogens (primary N) is 1. The quantitative estimate of drug-likeness (QED) is 0.193. The number of carbonyl (C=O) groups excluding carboxylic acids is 2. The van der Waals surface area contributed by atoms with Crippen LogP contribution in [0.2, 0.25) is 0 Å². The number of quaternary nitrogens is 1. The van der Waals surface area contributed by atoms with Gasteiger partial charge in [-0.1, -0.05) is 31.2 Å². The number of carbonyl (C=O) groups is 2. The van der Waals surface area contributed by atoms with Crippen LogP contribution in [0.25, 0.3) is 0 Å². The number of oxazole rings is 1. The minimum absolute atomic E-state index is 0.0117. The second-order valence-corrected chi connectivity index (χ2v) is 14.2. The number of ether oxygens (including phenoxy) is 1. The molecule has 1 aromatic carbocycles. The van der Waals surface area contributed by atoms with E-state index in [1.807, 2.05) is 12.2 Å². The number of aliphatic hydroxyl groups excluding tert-OH is 2. The number of rotatable bonds is 8. The first kappa shape index (κ1) is 30.9. The van der Waals surface area contributed by atoms with Gasteiger partial charge in [0.1, 0.15) is 23.5 Å². The van der Waals surface area contributed by atoms with Crippen LogP contribution in [0.15, 0.2) is 64.3 Å². The maximum atomic E-state index is 13.9. The van der Waals surface area contributed by atoms with E-state index >= 15 is 0 Å². The zero-order valence-corrected chi connectivity index (χ0v) is 25.7. The molecule has 234 valence electrons. The normalized spacial score (nSPS) is 34.4. The van der Waals surface area contributed by atoms with E-state index in [1.165, 1.54) is 30.2 Å². The minimum atomic E-state index is -1.49. The Hall–Kier alpha value is -3.12. The number of aliphatic hydroxyl groups is 2. The first-order chi connectivity index (χ1) is 21.1. The van der Waals surface area contributed by atoms with E-state index in [-0.39, 0.29) is 53.2 Å². The summed E-state index contributed by atoms with van der Waals surface area (Å²) >= 11 is 0.963. The van der Waals surface area contributed by atoms with Gasteiger partial charge in [-0.2, -0.15) is 0 Å². The third-order valence-corrected chi connectivity index (χ3v) is 12.0. The van der Waals surface area contributed by atoms with Crippen molar-refractivity contribution in [2.45, 2.75) is 64.1 Å². The fourth-order valence-corrected chi connectivity index (χ4v) is 9.93. The van der Waals surface area contributed by atoms with Crippen LogP contribution in [0.1, 0.15) is 62.9 Å². The maximum Gasteiger partial charge on any atom is 0.361 e. The second kappa shape index (κ2) is 11.7. The summed E-state index contributed by atoms with van der Waals surface area (Å²) in [7, 11) is 0. The molecule has 6 rings (SSSR count). The number of hydrogen-bond donors (Lipinski definition) is 4. The van der Waals surface area contributed by atoms with E-state index in [2.05, 4.69) is 18.0 Å². The Morgan fingerprint density at radius 2 is 2.05 bits per heavy atom. The Kier molecular flexibility index (Phi) is 8.19. The highest BCUT2D eigenvalue weighted by Gasteiger charge is 2.70. The van der Waals surface area contributed by atoms with Crippen molar-refractivity contribution in [3.05, 3.63) is 71.4 Å². The number of fused-ring (bicyclic) bond motifs is 5. The van der Waals surface area contributed by atoms with Crippen LogP contribution in [0.3, 0.4) is 0 Å². The molecule has 4 aliphatic carbocycles. The smallest absolute Gasteiger partial charge is 0.361 e. The molecule has 0 bridgehead atoms. The molecule has 7 atom stereocenters. The predicted molar refractivity (Wildman–Crippen MR) is 161 cm³/mol. The molecule has 9 nitrogen and oxygen atoms in total. The van der Waals surface area contributed by atoms with Gasteiger partial charge in [0, 0.05) is 35.1 Å². The van der Waals surface area contributed by atoms with Crippen LogP contribution in [0.4, 0.5) is 10.1 Å². The van der Waals surface area contributed by atoms with Gasteiger partial charge in [-0.3, -0.25) is 10.1 Å². The number of allylic oxidation sites excluding steroid dienone is 3. The number of thioether (sulfide) groups is 1. The zero-order valence-electron chi connectivity index (χ0n) is 24.9. The number of hydrogen-bond acceptors (Lipinski definition) is 9. The average Bonchev–Trinajstić information content (AvgIpc) is 3.64. The highest BCUT2D eigenvalue weighted by Crippen LogP contribution is 2.69. The van der Waals surface area contributed by atoms with Crippen LogP contribution in [-0.4, -0.2) is 56.6 Å². The molecule has 1 heterocycles. The second-order valence-electron chi connectivity index (χ2n) is 13.1. The summed E-state index contributed by atoms with van der Waals surface area (Å²) in [6, 6.07) is 6.30. The number of nitrogens with zero attached hydrogens (tertiary/aromatic N) is 1. The number of halogens is 1. The molecule has 44 heavy (non-hydrogen) atoms. The van der Waals surface area contributed by atoms with E-state index < -0.39 is 28.5 Å². The van der Waals surface area contributed by atoms with Crippen LogP contribution < -0.4 is 5.32 Å². The van der Waals surface area contributed by atoms with Gasteiger partial charge < -0.3 is 24.8 Å². The van der Waals surface area contributed by atoms with Crippen molar-refractivity contribution in [2.24, 2.45) is 28.6 Å². The van der Waals surface area contributed by atoms with Gasteiger partial charge in [-0.25, -0.2) is 14.2 Å². The van der Waals surface area contributed by atoms with Gasteiger partial charge in [0.15, 0.2) is 17.7 Å². The number of benzene rings is 1. The summed E-state index contributed by atoms with van der Waals surface area (Å²) in [5.74, 6) is -0.882. The van der Waals surface area contributed by atoms with E-state index in [1.54, 1.807) is 12.1 Å². The van der Waals surface area contributed by atoms with Gasteiger partial charge in [0.05, 0.1) is 12.7 Å². The molecule has 2 aromatic rings. The van der Waals surface area contributed by atoms with Gasteiger partial charge >= 0.3 is 5.97 Å². The molecule has 4 aliphatic rings. The van der Waals surface area contributed by atoms with Gasteiger partial charge in [-0.15, -0.1) is 0 Å². The molecule has 0 saturated heterocycles. The van der Waals surface area contributed by atoms with E-state index in [0.29, 0.717) is 19.3 Å². The summed E-state index contributed by atoms with van der Waals surface area (Å²) in [6.45, 7) is 3.98. The van der Waals surface area contributed by atoms with E-state index in [4.69, 9.17) is 14.6 Å². The van der Waals surface area contributed by atoms with Crippen molar-refractivity contribution < 1.29 is 38.7 Å². The van der Waals surface area contributed by atoms with Crippen molar-refractivity contribution in [1.29, 1.82) is 5.41 Å². The molecule has 1 aromatic heterocycles. The van der Waals surface area contributed by atoms with Crippen LogP contribution in [0.5, 0.6) is 0 Å². The van der Waals surface area contributed by atoms with Crippen molar-refractivity contribution in [3.8, 4) is 0 Å². The highest BCUT2D eigenvalue weighted by molar-refractivity contribution is 8.13. The fraction of sp³-hybridized carbons (Fsp3) is 0.515. The molecule has 0 spiro atoms. The lowest BCUT2D eigenvalue weighted by atomic mass is 9.45. The van der Waals surface area contributed by atoms with Crippen LogP contribution in [0, 0.1) is 39.8 Å². The van der Waals surface area contributed by atoms with Crippen molar-refractivity contribution in [2.75, 3.05) is 12.4 Å². The number of esters is 1. The third kappa shape index (κ3) is 4.88. The van der Waals surface area contributed by atoms with Gasteiger partial charge in [0.2, 0.25) is 5.12 Å². The Morgan fingerprint density at radius 3 is 2.73 bits per heavy atom. The summed E-state index contributed by atoms with van der Waals surface area (Å²) in [6.07, 6.45) is 8.57. The maximum absolute atomic E-state index is 13.9. The molecule has 3 fully saturated rings. The number of aromatic nitrogens is 1. The summed E-state index contributed by atoms with van der Waals surface area (Å²) in [5, 5.41) is 31.4. The van der Waals surface area contributed by atoms with Crippen LogP contribution >= 0.6 is 11.8 Å². The van der Waals surface area contributed by atoms with Crippen molar-refractivity contribution in [1.82, 2.24) is 4.98 Å². The SMILES string of the molecule is C[C@]12CC(C=N)=C([NH2+]c3ccc(F)cc3)C=C1CC[C@@H]1C2[C@@H](O)C[C@@]2(C)C1CC[C@]2(OC(=O)c1cocn1)C(=O)SCCO. The Morgan fingerprint density at radius 1 is 1.27 bits per heavy atom. The lowest BCUT2D eigenvalue weighted by molar-refractivity contribution is -0.513. The summed E-state index contributed by atoms with van der Waals surface area (Å²) in [5.41, 5.74) is 1.15. The standard InChI is InChI=1S/C33H38FN3O6S/c1-31-14-19(16-35)25(37-22-6-4-21(34)5-7-22)13-20(31)3-8-23-24-9-10-33(30(41)44-12-11-38,32(24,2)15-27(39)28(23)31)43-29(40)26-17-42-18-36-26/h4-7,13,16-18,23-24,27-28,35,37-39H,3,8-12,14-15H2,1-2H3/p+1/t23-,24?,27-,28?,31-,32-,33-/m0/s1. The monoisotopic (exact) mass is 624 g/mol. The molecule has 11 heteroatoms. The topological polar surface area (TPSA) is 150 Å². The molecule has 0 aliphatic heterocycles. The molecular formula is C33H39FN3O6S+. The molecule has 5 N–H and O–H groups in total. The van der Waals surface area contributed by atoms with E-state index in [9.17, 15) is 24.2 Å². The third-order valence-electron chi connectivity index (χ3n) is 11.0. The summed E-state index contributed by atoms with van der Waals surface area (Å²) in [4.78, 5) is 31.1. The predicted octanol–water partition coefficient (Wildman–Crippen LogP) is 4.30. The zero-order chi connectivity index (χ0) is 31.3. The Bertz CT molecular complexity index is 1510. The molecule has 0 amide bonds. The first-order valence-corrected chi connectivity index (χ1v) is 16.2. The summed E-state index contributed by atoms with van der Waals surface area (Å²) < 4.78 is 24.6. The highest BCUT2D eigenvalue weighted by atomic mass is 32.2. The van der Waals surface area contributed by atoms with Crippen molar-refractivity contribution >= 4 is 34.7 Å². The molecule has 0 radical (unpaired) electrons. The van der Waals surface area contributed by atoms with E-state index in [0.717, 1.165) is 48.0 Å². The number of nitrogens with one attached hydrogen (secondary N) is 1. The Balaban J connectivity index is 1.32.